The number of hydrogen-bond donors (Lipinski definition) is 1. The molecule has 22 heavy (non-hydrogen) atoms. The minimum absolute atomic E-state index is 0.232. The minimum Gasteiger partial charge on any atom is -0.478 e. The Balaban J connectivity index is 1.91. The predicted molar refractivity (Wildman–Crippen MR) is 79.2 cm³/mol. The van der Waals surface area contributed by atoms with Gasteiger partial charge >= 0.3 is 0 Å². The second-order valence-electron chi connectivity index (χ2n) is 4.39. The van der Waals surface area contributed by atoms with Crippen molar-refractivity contribution in [2.45, 2.75) is 6.92 Å². The van der Waals surface area contributed by atoms with E-state index in [1.165, 1.54) is 6.26 Å². The monoisotopic (exact) mass is 298 g/mol. The molecule has 0 fully saturated rings. The van der Waals surface area contributed by atoms with Crippen LogP contribution in [-0.2, 0) is 0 Å². The number of carbonyl (C=O) groups is 1. The highest BCUT2D eigenvalue weighted by molar-refractivity contribution is 6.02. The van der Waals surface area contributed by atoms with Gasteiger partial charge in [0.05, 0.1) is 12.3 Å². The molecule has 0 radical (unpaired) electrons. The van der Waals surface area contributed by atoms with E-state index in [0.29, 0.717) is 18.3 Å². The number of rotatable bonds is 5. The van der Waals surface area contributed by atoms with E-state index in [0.717, 1.165) is 5.69 Å². The van der Waals surface area contributed by atoms with E-state index in [1.54, 1.807) is 16.8 Å². The molecule has 0 aliphatic carbocycles. The fraction of sp³-hybridized carbons (Fsp3) is 0.133. The van der Waals surface area contributed by atoms with Crippen molar-refractivity contribution in [3.8, 4) is 11.6 Å². The van der Waals surface area contributed by atoms with Crippen LogP contribution in [-0.4, -0.2) is 27.5 Å². The Hall–Kier alpha value is -3.09. The Kier molecular flexibility index (Phi) is 3.86. The summed E-state index contributed by atoms with van der Waals surface area (Å²) in [7, 11) is 0. The summed E-state index contributed by atoms with van der Waals surface area (Å²) in [4.78, 5) is 12.2. The average Bonchev–Trinajstić information content (AvgIpc) is 3.18. The second kappa shape index (κ2) is 6.13. The molecule has 0 spiro atoms. The van der Waals surface area contributed by atoms with E-state index in [-0.39, 0.29) is 11.6 Å². The van der Waals surface area contributed by atoms with Crippen LogP contribution < -0.4 is 10.1 Å². The largest absolute Gasteiger partial charge is 0.478 e. The summed E-state index contributed by atoms with van der Waals surface area (Å²) >= 11 is 0. The normalized spacial score (nSPS) is 10.4. The molecule has 1 aromatic carbocycles. The zero-order chi connectivity index (χ0) is 15.4. The van der Waals surface area contributed by atoms with Crippen LogP contribution in [0.25, 0.3) is 5.69 Å². The molecule has 0 unspecified atom stereocenters. The van der Waals surface area contributed by atoms with Crippen molar-refractivity contribution in [1.29, 1.82) is 0 Å². The van der Waals surface area contributed by atoms with E-state index < -0.39 is 0 Å². The highest BCUT2D eigenvalue weighted by atomic mass is 16.5. The molecule has 1 amide bonds. The molecule has 0 saturated carbocycles. The maximum atomic E-state index is 12.2. The number of aromatic nitrogens is 3. The van der Waals surface area contributed by atoms with Crippen LogP contribution >= 0.6 is 0 Å². The molecular weight excluding hydrogens is 284 g/mol. The fourth-order valence-corrected chi connectivity index (χ4v) is 1.94. The van der Waals surface area contributed by atoms with E-state index in [9.17, 15) is 4.79 Å². The van der Waals surface area contributed by atoms with Crippen molar-refractivity contribution in [3.63, 3.8) is 0 Å². The summed E-state index contributed by atoms with van der Waals surface area (Å²) < 4.78 is 11.8. The molecule has 0 atom stereocenters. The molecule has 0 aliphatic rings. The summed E-state index contributed by atoms with van der Waals surface area (Å²) in [6.07, 6.45) is 1.38. The van der Waals surface area contributed by atoms with Crippen molar-refractivity contribution in [3.05, 3.63) is 54.4 Å². The maximum absolute atomic E-state index is 12.2. The Labute approximate surface area is 126 Å². The average molecular weight is 298 g/mol. The third kappa shape index (κ3) is 2.83. The first-order valence-electron chi connectivity index (χ1n) is 6.78. The summed E-state index contributed by atoms with van der Waals surface area (Å²) in [5.74, 6) is 0.445. The molecule has 7 nitrogen and oxygen atoms in total. The molecule has 3 rings (SSSR count). The predicted octanol–water partition coefficient (Wildman–Crippen LogP) is 2.51. The van der Waals surface area contributed by atoms with Crippen LogP contribution in [0.4, 0.5) is 5.82 Å². The van der Waals surface area contributed by atoms with Crippen LogP contribution in [0.1, 0.15) is 17.4 Å². The number of nitrogens with one attached hydrogen (secondary N) is 1. The number of hydrogen-bond acceptors (Lipinski definition) is 5. The lowest BCUT2D eigenvalue weighted by molar-refractivity contribution is 0.102. The maximum Gasteiger partial charge on any atom is 0.277 e. The van der Waals surface area contributed by atoms with Crippen molar-refractivity contribution >= 4 is 11.7 Å². The Morgan fingerprint density at radius 2 is 2.14 bits per heavy atom. The lowest BCUT2D eigenvalue weighted by Gasteiger charge is -2.06. The van der Waals surface area contributed by atoms with Crippen molar-refractivity contribution < 1.29 is 14.1 Å². The summed E-state index contributed by atoms with van der Waals surface area (Å²) in [5, 5.41) is 10.5. The van der Waals surface area contributed by atoms with E-state index >= 15 is 0 Å². The van der Waals surface area contributed by atoms with Gasteiger partial charge < -0.3 is 14.6 Å². The minimum atomic E-state index is -0.385. The number of ether oxygens (including phenoxy) is 1. The highest BCUT2D eigenvalue weighted by Crippen LogP contribution is 2.20. The molecular formula is C15H14N4O3. The number of anilines is 1. The molecule has 2 heterocycles. The van der Waals surface area contributed by atoms with Gasteiger partial charge in [0, 0.05) is 12.1 Å². The number of benzene rings is 1. The van der Waals surface area contributed by atoms with Crippen molar-refractivity contribution in [1.82, 2.24) is 14.9 Å². The molecule has 1 N–H and O–H groups in total. The molecule has 112 valence electrons. The van der Waals surface area contributed by atoms with Gasteiger partial charge in [-0.15, -0.1) is 0 Å². The van der Waals surface area contributed by atoms with Gasteiger partial charge in [-0.05, 0) is 19.1 Å². The molecule has 2 aromatic heterocycles. The SMILES string of the molecule is CCOc1cc(C(=O)Nc2ccon2)nn1-c1ccccc1. The molecule has 7 heteroatoms. The number of carbonyl (C=O) groups excluding carboxylic acids is 1. The zero-order valence-corrected chi connectivity index (χ0v) is 11.9. The highest BCUT2D eigenvalue weighted by Gasteiger charge is 2.17. The van der Waals surface area contributed by atoms with Crippen molar-refractivity contribution in [2.75, 3.05) is 11.9 Å². The van der Waals surface area contributed by atoms with Gasteiger partial charge in [-0.2, -0.15) is 5.10 Å². The first-order chi connectivity index (χ1) is 10.8. The van der Waals surface area contributed by atoms with E-state index in [1.807, 2.05) is 37.3 Å². The first-order valence-corrected chi connectivity index (χ1v) is 6.78. The summed E-state index contributed by atoms with van der Waals surface area (Å²) in [5.41, 5.74) is 1.04. The third-order valence-corrected chi connectivity index (χ3v) is 2.88. The first kappa shape index (κ1) is 13.9. The molecule has 0 aliphatic heterocycles. The van der Waals surface area contributed by atoms with Gasteiger partial charge in [-0.25, -0.2) is 4.68 Å². The van der Waals surface area contributed by atoms with Crippen LogP contribution in [0.3, 0.4) is 0 Å². The molecule has 0 bridgehead atoms. The van der Waals surface area contributed by atoms with Crippen LogP contribution in [0.5, 0.6) is 5.88 Å². The Morgan fingerprint density at radius 1 is 1.32 bits per heavy atom. The van der Waals surface area contributed by atoms with Crippen LogP contribution in [0.15, 0.2) is 53.3 Å². The standard InChI is InChI=1S/C15H14N4O3/c1-2-21-14-10-12(15(20)16-13-8-9-22-18-13)17-19(14)11-6-4-3-5-7-11/h3-10H,2H2,1H3,(H,16,18,20). The van der Waals surface area contributed by atoms with Gasteiger partial charge in [-0.3, -0.25) is 4.79 Å². The second-order valence-corrected chi connectivity index (χ2v) is 4.39. The van der Waals surface area contributed by atoms with E-state index in [2.05, 4.69) is 20.1 Å². The fourth-order valence-electron chi connectivity index (χ4n) is 1.94. The Morgan fingerprint density at radius 3 is 2.82 bits per heavy atom. The third-order valence-electron chi connectivity index (χ3n) is 2.88. The van der Waals surface area contributed by atoms with Crippen LogP contribution in [0.2, 0.25) is 0 Å². The van der Waals surface area contributed by atoms with Gasteiger partial charge in [0.25, 0.3) is 5.91 Å². The quantitative estimate of drug-likeness (QED) is 0.782. The zero-order valence-electron chi connectivity index (χ0n) is 11.9. The number of para-hydroxylation sites is 1. The smallest absolute Gasteiger partial charge is 0.277 e. The Bertz CT molecular complexity index is 750. The van der Waals surface area contributed by atoms with Gasteiger partial charge in [0.15, 0.2) is 11.5 Å². The van der Waals surface area contributed by atoms with Crippen LogP contribution in [0, 0.1) is 0 Å². The molecule has 3 aromatic rings. The molecule has 0 saturated heterocycles. The van der Waals surface area contributed by atoms with Crippen molar-refractivity contribution in [2.24, 2.45) is 0 Å². The number of amides is 1. The van der Waals surface area contributed by atoms with Gasteiger partial charge in [0.1, 0.15) is 6.26 Å². The summed E-state index contributed by atoms with van der Waals surface area (Å²) in [6.45, 7) is 2.35. The lowest BCUT2D eigenvalue weighted by atomic mass is 10.3. The summed E-state index contributed by atoms with van der Waals surface area (Å²) in [6, 6.07) is 12.6. The topological polar surface area (TPSA) is 82.2 Å². The number of nitrogens with zero attached hydrogens (tertiary/aromatic N) is 3. The lowest BCUT2D eigenvalue weighted by Crippen LogP contribution is -2.13. The van der Waals surface area contributed by atoms with E-state index in [4.69, 9.17) is 4.74 Å². The van der Waals surface area contributed by atoms with Gasteiger partial charge in [0.2, 0.25) is 5.88 Å². The van der Waals surface area contributed by atoms with Gasteiger partial charge in [-0.1, -0.05) is 23.4 Å².